The molecule has 0 fully saturated rings. The molecule has 0 saturated carbocycles. The molecule has 144 valence electrons. The van der Waals surface area contributed by atoms with E-state index in [1.807, 2.05) is 30.3 Å². The zero-order chi connectivity index (χ0) is 19.9. The molecule has 0 aliphatic rings. The van der Waals surface area contributed by atoms with Crippen molar-refractivity contribution in [1.82, 2.24) is 10.0 Å². The second-order valence-corrected chi connectivity index (χ2v) is 7.99. The van der Waals surface area contributed by atoms with E-state index in [2.05, 4.69) is 10.0 Å². The van der Waals surface area contributed by atoms with Crippen LogP contribution in [0.5, 0.6) is 0 Å². The molecule has 0 radical (unpaired) electrons. The lowest BCUT2D eigenvalue weighted by molar-refractivity contribution is -0.123. The summed E-state index contributed by atoms with van der Waals surface area (Å²) in [6, 6.07) is 13.6. The van der Waals surface area contributed by atoms with Gasteiger partial charge in [-0.3, -0.25) is 9.59 Å². The smallest absolute Gasteiger partial charge is 0.241 e. The van der Waals surface area contributed by atoms with Gasteiger partial charge >= 0.3 is 0 Å². The number of hydrogen-bond acceptors (Lipinski definition) is 4. The second kappa shape index (κ2) is 9.50. The molecule has 2 amide bonds. The van der Waals surface area contributed by atoms with Gasteiger partial charge in [0.2, 0.25) is 21.8 Å². The topological polar surface area (TPSA) is 118 Å². The quantitative estimate of drug-likeness (QED) is 0.582. The zero-order valence-corrected chi connectivity index (χ0v) is 16.0. The van der Waals surface area contributed by atoms with Gasteiger partial charge in [0, 0.05) is 18.0 Å². The van der Waals surface area contributed by atoms with Crippen LogP contribution in [0.15, 0.2) is 59.5 Å². The van der Waals surface area contributed by atoms with Crippen molar-refractivity contribution in [2.24, 2.45) is 5.73 Å². The minimum Gasteiger partial charge on any atom is -0.370 e. The van der Waals surface area contributed by atoms with Gasteiger partial charge in [0.05, 0.1) is 4.90 Å². The fourth-order valence-corrected chi connectivity index (χ4v) is 3.66. The Morgan fingerprint density at radius 1 is 1.04 bits per heavy atom. The summed E-state index contributed by atoms with van der Waals surface area (Å²) in [4.78, 5) is 23.5. The number of rotatable bonds is 9. The number of benzene rings is 2. The van der Waals surface area contributed by atoms with Gasteiger partial charge in [-0.15, -0.1) is 0 Å². The number of amides is 2. The molecule has 0 aromatic heterocycles. The Labute approximate surface area is 163 Å². The van der Waals surface area contributed by atoms with Crippen molar-refractivity contribution in [2.45, 2.75) is 30.3 Å². The molecule has 0 unspecified atom stereocenters. The van der Waals surface area contributed by atoms with Crippen molar-refractivity contribution in [1.29, 1.82) is 0 Å². The Morgan fingerprint density at radius 2 is 1.67 bits per heavy atom. The van der Waals surface area contributed by atoms with Gasteiger partial charge in [0.15, 0.2) is 0 Å². The van der Waals surface area contributed by atoms with Gasteiger partial charge in [-0.25, -0.2) is 8.42 Å². The van der Waals surface area contributed by atoms with E-state index in [1.54, 1.807) is 0 Å². The maximum Gasteiger partial charge on any atom is 0.241 e. The number of primary amides is 1. The van der Waals surface area contributed by atoms with Crippen LogP contribution in [-0.4, -0.2) is 26.3 Å². The highest BCUT2D eigenvalue weighted by molar-refractivity contribution is 7.89. The molecule has 9 heteroatoms. The van der Waals surface area contributed by atoms with Gasteiger partial charge in [0.25, 0.3) is 0 Å². The molecule has 0 heterocycles. The molecule has 0 bridgehead atoms. The van der Waals surface area contributed by atoms with Crippen molar-refractivity contribution >= 4 is 33.4 Å². The normalized spacial score (nSPS) is 12.3. The highest BCUT2D eigenvalue weighted by atomic mass is 35.5. The average molecular weight is 410 g/mol. The van der Waals surface area contributed by atoms with E-state index in [1.165, 1.54) is 24.3 Å². The predicted octanol–water partition coefficient (Wildman–Crippen LogP) is 1.57. The molecule has 2 aromatic rings. The van der Waals surface area contributed by atoms with Crippen LogP contribution in [-0.2, 0) is 26.2 Å². The predicted molar refractivity (Wildman–Crippen MR) is 102 cm³/mol. The molecule has 4 N–H and O–H groups in total. The molecule has 2 rings (SSSR count). The van der Waals surface area contributed by atoms with Gasteiger partial charge in [-0.05, 0) is 36.2 Å². The van der Waals surface area contributed by atoms with Crippen LogP contribution in [0.1, 0.15) is 18.4 Å². The molecule has 0 aliphatic heterocycles. The molecule has 27 heavy (non-hydrogen) atoms. The van der Waals surface area contributed by atoms with Crippen molar-refractivity contribution in [2.75, 3.05) is 0 Å². The van der Waals surface area contributed by atoms with Crippen LogP contribution in [0, 0.1) is 0 Å². The summed E-state index contributed by atoms with van der Waals surface area (Å²) in [7, 11) is -3.97. The second-order valence-electron chi connectivity index (χ2n) is 5.84. The summed E-state index contributed by atoms with van der Waals surface area (Å²) in [5, 5.41) is 3.06. The SMILES string of the molecule is NC(=O)CC[C@@H](NS(=O)(=O)c1ccc(Cl)cc1)C(=O)NCc1ccccc1. The lowest BCUT2D eigenvalue weighted by atomic mass is 10.1. The Balaban J connectivity index is 2.11. The van der Waals surface area contributed by atoms with Gasteiger partial charge in [0.1, 0.15) is 6.04 Å². The van der Waals surface area contributed by atoms with Crippen LogP contribution in [0.25, 0.3) is 0 Å². The monoisotopic (exact) mass is 409 g/mol. The van der Waals surface area contributed by atoms with E-state index >= 15 is 0 Å². The highest BCUT2D eigenvalue weighted by Gasteiger charge is 2.26. The Kier molecular flexibility index (Phi) is 7.35. The molecular weight excluding hydrogens is 390 g/mol. The van der Waals surface area contributed by atoms with Gasteiger partial charge < -0.3 is 11.1 Å². The highest BCUT2D eigenvalue weighted by Crippen LogP contribution is 2.15. The average Bonchev–Trinajstić information content (AvgIpc) is 2.64. The summed E-state index contributed by atoms with van der Waals surface area (Å²) in [6.45, 7) is 0.232. The van der Waals surface area contributed by atoms with Crippen molar-refractivity contribution in [3.63, 3.8) is 0 Å². The molecule has 0 spiro atoms. The number of halogens is 1. The maximum absolute atomic E-state index is 12.5. The third-order valence-corrected chi connectivity index (χ3v) is 5.47. The minimum atomic E-state index is -3.97. The zero-order valence-electron chi connectivity index (χ0n) is 14.4. The first-order chi connectivity index (χ1) is 12.8. The summed E-state index contributed by atoms with van der Waals surface area (Å²) in [6.07, 6.45) is -0.185. The number of carbonyl (C=O) groups excluding carboxylic acids is 2. The first kappa shape index (κ1) is 20.9. The van der Waals surface area contributed by atoms with E-state index in [9.17, 15) is 18.0 Å². The largest absolute Gasteiger partial charge is 0.370 e. The van der Waals surface area contributed by atoms with E-state index < -0.39 is 27.9 Å². The van der Waals surface area contributed by atoms with Crippen LogP contribution in [0.4, 0.5) is 0 Å². The summed E-state index contributed by atoms with van der Waals surface area (Å²) in [5.41, 5.74) is 6.00. The maximum atomic E-state index is 12.5. The number of carbonyl (C=O) groups is 2. The Morgan fingerprint density at radius 3 is 2.26 bits per heavy atom. The number of sulfonamides is 1. The molecule has 7 nitrogen and oxygen atoms in total. The van der Waals surface area contributed by atoms with E-state index in [4.69, 9.17) is 17.3 Å². The van der Waals surface area contributed by atoms with Crippen molar-refractivity contribution < 1.29 is 18.0 Å². The molecule has 1 atom stereocenters. The van der Waals surface area contributed by atoms with Gasteiger partial charge in [-0.2, -0.15) is 4.72 Å². The van der Waals surface area contributed by atoms with Crippen LogP contribution < -0.4 is 15.8 Å². The Bertz CT molecular complexity index is 887. The van der Waals surface area contributed by atoms with E-state index in [0.717, 1.165) is 5.56 Å². The van der Waals surface area contributed by atoms with E-state index in [-0.39, 0.29) is 24.3 Å². The lowest BCUT2D eigenvalue weighted by Gasteiger charge is -2.18. The summed E-state index contributed by atoms with van der Waals surface area (Å²) < 4.78 is 27.4. The fraction of sp³-hybridized carbons (Fsp3) is 0.222. The van der Waals surface area contributed by atoms with Gasteiger partial charge in [-0.1, -0.05) is 41.9 Å². The summed E-state index contributed by atoms with van der Waals surface area (Å²) >= 11 is 5.77. The molecular formula is C18H20ClN3O4S. The molecule has 2 aromatic carbocycles. The number of nitrogens with one attached hydrogen (secondary N) is 2. The third kappa shape index (κ3) is 6.67. The van der Waals surface area contributed by atoms with Crippen LogP contribution >= 0.6 is 11.6 Å². The first-order valence-electron chi connectivity index (χ1n) is 8.16. The van der Waals surface area contributed by atoms with Crippen LogP contribution in [0.2, 0.25) is 5.02 Å². The van der Waals surface area contributed by atoms with Crippen LogP contribution in [0.3, 0.4) is 0 Å². The summed E-state index contributed by atoms with van der Waals surface area (Å²) in [5.74, 6) is -1.17. The van der Waals surface area contributed by atoms with E-state index in [0.29, 0.717) is 5.02 Å². The lowest BCUT2D eigenvalue weighted by Crippen LogP contribution is -2.46. The molecule has 0 aliphatic carbocycles. The molecule has 0 saturated heterocycles. The number of nitrogens with two attached hydrogens (primary N) is 1. The number of hydrogen-bond donors (Lipinski definition) is 3. The van der Waals surface area contributed by atoms with Crippen molar-refractivity contribution in [3.05, 3.63) is 65.2 Å². The minimum absolute atomic E-state index is 0.0353. The van der Waals surface area contributed by atoms with Crippen molar-refractivity contribution in [3.8, 4) is 0 Å². The Hall–Kier alpha value is -2.42. The standard InChI is InChI=1S/C18H20ClN3O4S/c19-14-6-8-15(9-7-14)27(25,26)22-16(10-11-17(20)23)18(24)21-12-13-4-2-1-3-5-13/h1-9,16,22H,10-12H2,(H2,20,23)(H,21,24)/t16-/m1/s1. The first-order valence-corrected chi connectivity index (χ1v) is 10.0. The third-order valence-electron chi connectivity index (χ3n) is 3.73. The fourth-order valence-electron chi connectivity index (χ4n) is 2.31.